The lowest BCUT2D eigenvalue weighted by Crippen LogP contribution is -2.44. The second-order valence-corrected chi connectivity index (χ2v) is 5.94. The van der Waals surface area contributed by atoms with Gasteiger partial charge in [0.05, 0.1) is 6.54 Å². The van der Waals surface area contributed by atoms with Gasteiger partial charge < -0.3 is 4.90 Å². The highest BCUT2D eigenvalue weighted by molar-refractivity contribution is 5.45. The van der Waals surface area contributed by atoms with Gasteiger partial charge in [0.25, 0.3) is 0 Å². The van der Waals surface area contributed by atoms with Gasteiger partial charge in [-0.1, -0.05) is 13.0 Å². The van der Waals surface area contributed by atoms with Gasteiger partial charge in [0, 0.05) is 37.4 Å². The molecule has 9 heteroatoms. The van der Waals surface area contributed by atoms with Crippen LogP contribution < -0.4 is 0 Å². The van der Waals surface area contributed by atoms with Crippen molar-refractivity contribution in [2.45, 2.75) is 33.0 Å². The van der Waals surface area contributed by atoms with Crippen LogP contribution in [0.5, 0.6) is 0 Å². The van der Waals surface area contributed by atoms with Gasteiger partial charge in [-0.3, -0.25) is 4.90 Å². The van der Waals surface area contributed by atoms with Crippen molar-refractivity contribution < 1.29 is 13.2 Å². The number of hydrogen-bond donors (Lipinski definition) is 0. The number of alkyl halides is 3. The molecule has 1 saturated heterocycles. The van der Waals surface area contributed by atoms with Crippen molar-refractivity contribution in [2.24, 2.45) is 0 Å². The Morgan fingerprint density at radius 2 is 1.83 bits per heavy atom. The average molecular weight is 344 g/mol. The molecule has 24 heavy (non-hydrogen) atoms. The van der Waals surface area contributed by atoms with E-state index in [9.17, 15) is 13.2 Å². The van der Waals surface area contributed by atoms with Gasteiger partial charge in [-0.15, -0.1) is 5.10 Å². The number of likely N-dealkylation sites (N-methyl/N-ethyl adjacent to an activating group) is 1. The lowest BCUT2D eigenvalue weighted by atomic mass is 10.2. The number of hydrogen-bond acceptors (Lipinski definition) is 5. The number of tetrazole rings is 1. The summed E-state index contributed by atoms with van der Waals surface area (Å²) in [4.78, 5) is 4.48. The highest BCUT2D eigenvalue weighted by Crippen LogP contribution is 2.28. The molecule has 0 spiro atoms. The first-order valence-corrected chi connectivity index (χ1v) is 7.94. The zero-order valence-corrected chi connectivity index (χ0v) is 14.2. The Hall–Kier alpha value is -1.74. The molecule has 134 valence electrons. The summed E-state index contributed by atoms with van der Waals surface area (Å²) in [6, 6.07) is 0. The first-order valence-electron chi connectivity index (χ1n) is 7.94. The lowest BCUT2D eigenvalue weighted by molar-refractivity contribution is -0.0935. The number of nitrogens with zero attached hydrogens (tertiary/aromatic N) is 6. The molecule has 0 radical (unpaired) electrons. The summed E-state index contributed by atoms with van der Waals surface area (Å²) in [6.07, 6.45) is -1.88. The van der Waals surface area contributed by atoms with E-state index in [4.69, 9.17) is 0 Å². The van der Waals surface area contributed by atoms with Crippen LogP contribution in [0, 0.1) is 0 Å². The monoisotopic (exact) mass is 344 g/mol. The Morgan fingerprint density at radius 3 is 2.42 bits per heavy atom. The Balaban J connectivity index is 2.11. The molecule has 0 atom stereocenters. The van der Waals surface area contributed by atoms with Crippen LogP contribution in [0.15, 0.2) is 17.7 Å². The summed E-state index contributed by atoms with van der Waals surface area (Å²) in [5.74, 6) is 0.631. The number of piperazine rings is 1. The van der Waals surface area contributed by atoms with E-state index in [-0.39, 0.29) is 6.42 Å². The van der Waals surface area contributed by atoms with Crippen LogP contribution in [0.25, 0.3) is 5.70 Å². The summed E-state index contributed by atoms with van der Waals surface area (Å²) in [5.41, 5.74) is -0.0186. The van der Waals surface area contributed by atoms with Crippen LogP contribution in [-0.4, -0.2) is 69.4 Å². The Labute approximate surface area is 139 Å². The highest BCUT2D eigenvalue weighted by Gasteiger charge is 2.31. The third-order valence-electron chi connectivity index (χ3n) is 4.10. The number of halogens is 3. The van der Waals surface area contributed by atoms with Crippen molar-refractivity contribution in [3.63, 3.8) is 0 Å². The molecule has 1 aliphatic heterocycles. The largest absolute Gasteiger partial charge is 0.412 e. The van der Waals surface area contributed by atoms with Crippen LogP contribution in [0.3, 0.4) is 0 Å². The van der Waals surface area contributed by atoms with Crippen molar-refractivity contribution in [1.29, 1.82) is 0 Å². The van der Waals surface area contributed by atoms with E-state index in [0.717, 1.165) is 32.3 Å². The molecule has 1 aromatic rings. The summed E-state index contributed by atoms with van der Waals surface area (Å²) in [6.45, 7) is 7.55. The van der Waals surface area contributed by atoms with Crippen LogP contribution in [-0.2, 0) is 6.54 Å². The molecule has 0 bridgehead atoms. The Kier molecular flexibility index (Phi) is 6.11. The van der Waals surface area contributed by atoms with E-state index >= 15 is 0 Å². The fourth-order valence-corrected chi connectivity index (χ4v) is 2.49. The van der Waals surface area contributed by atoms with Gasteiger partial charge in [0.15, 0.2) is 5.82 Å². The topological polar surface area (TPSA) is 50.1 Å². The maximum absolute atomic E-state index is 12.8. The van der Waals surface area contributed by atoms with Gasteiger partial charge >= 0.3 is 6.18 Å². The molecular formula is C15H23F3N6. The Morgan fingerprint density at radius 1 is 1.17 bits per heavy atom. The van der Waals surface area contributed by atoms with Crippen molar-refractivity contribution in [3.05, 3.63) is 23.5 Å². The average Bonchev–Trinajstić information content (AvgIpc) is 2.97. The molecule has 0 unspecified atom stereocenters. The van der Waals surface area contributed by atoms with Gasteiger partial charge in [-0.05, 0) is 36.9 Å². The molecule has 1 aliphatic rings. The molecule has 2 rings (SSSR count). The quantitative estimate of drug-likeness (QED) is 0.767. The van der Waals surface area contributed by atoms with Gasteiger partial charge in [-0.25, -0.2) is 4.68 Å². The minimum Gasteiger partial charge on any atom is -0.304 e. The van der Waals surface area contributed by atoms with E-state index < -0.39 is 11.7 Å². The predicted octanol–water partition coefficient (Wildman–Crippen LogP) is 2.18. The second-order valence-electron chi connectivity index (χ2n) is 5.94. The Bertz CT molecular complexity index is 597. The molecule has 0 N–H and O–H groups in total. The van der Waals surface area contributed by atoms with E-state index in [1.807, 2.05) is 0 Å². The van der Waals surface area contributed by atoms with Gasteiger partial charge in [0.2, 0.25) is 0 Å². The van der Waals surface area contributed by atoms with Crippen LogP contribution in [0.1, 0.15) is 26.1 Å². The lowest BCUT2D eigenvalue weighted by Gasteiger charge is -2.31. The standard InChI is InChI=1S/C15H23F3N6/c1-4-13(15(16,17)18)6-5-12(2)24-14(19-20-21-24)11-23-9-7-22(3)8-10-23/h5-6H,4,7-11H2,1-3H3. The van der Waals surface area contributed by atoms with Crippen molar-refractivity contribution in [2.75, 3.05) is 33.2 Å². The molecule has 0 amide bonds. The summed E-state index contributed by atoms with van der Waals surface area (Å²) in [7, 11) is 2.08. The first-order chi connectivity index (χ1) is 11.3. The van der Waals surface area contributed by atoms with E-state index in [1.165, 1.54) is 17.7 Å². The maximum atomic E-state index is 12.8. The second kappa shape index (κ2) is 7.89. The summed E-state index contributed by atoms with van der Waals surface area (Å²) < 4.78 is 39.8. The molecule has 1 aromatic heterocycles. The third kappa shape index (κ3) is 4.88. The van der Waals surface area contributed by atoms with Gasteiger partial charge in [-0.2, -0.15) is 13.2 Å². The van der Waals surface area contributed by atoms with Crippen LogP contribution >= 0.6 is 0 Å². The normalized spacial score (nSPS) is 19.1. The van der Waals surface area contributed by atoms with Crippen molar-refractivity contribution in [1.82, 2.24) is 30.0 Å². The number of aromatic nitrogens is 4. The maximum Gasteiger partial charge on any atom is 0.412 e. The minimum absolute atomic E-state index is 0.0724. The number of rotatable bonds is 5. The minimum atomic E-state index is -4.31. The molecular weight excluding hydrogens is 321 g/mol. The molecule has 1 fully saturated rings. The highest BCUT2D eigenvalue weighted by atomic mass is 19.4. The van der Waals surface area contributed by atoms with Crippen LogP contribution in [0.2, 0.25) is 0 Å². The summed E-state index contributed by atoms with van der Waals surface area (Å²) in [5, 5.41) is 11.6. The third-order valence-corrected chi connectivity index (χ3v) is 4.10. The molecule has 2 heterocycles. The zero-order chi connectivity index (χ0) is 17.7. The molecule has 0 aliphatic carbocycles. The van der Waals surface area contributed by atoms with Crippen molar-refractivity contribution >= 4 is 5.70 Å². The first kappa shape index (κ1) is 18.6. The smallest absolute Gasteiger partial charge is 0.304 e. The SMILES string of the molecule is CCC(=CC=C(C)n1nnnc1CN1CCN(C)CC1)C(F)(F)F. The molecule has 0 saturated carbocycles. The number of allylic oxidation sites excluding steroid dienone is 4. The van der Waals surface area contributed by atoms with Crippen LogP contribution in [0.4, 0.5) is 13.2 Å². The fourth-order valence-electron chi connectivity index (χ4n) is 2.49. The molecule has 6 nitrogen and oxygen atoms in total. The molecule has 0 aromatic carbocycles. The van der Waals surface area contributed by atoms with E-state index in [2.05, 4.69) is 32.4 Å². The van der Waals surface area contributed by atoms with E-state index in [1.54, 1.807) is 6.92 Å². The van der Waals surface area contributed by atoms with Crippen molar-refractivity contribution in [3.8, 4) is 0 Å². The van der Waals surface area contributed by atoms with E-state index in [0.29, 0.717) is 18.1 Å². The predicted molar refractivity (Wildman–Crippen MR) is 85.0 cm³/mol. The summed E-state index contributed by atoms with van der Waals surface area (Å²) >= 11 is 0. The van der Waals surface area contributed by atoms with Gasteiger partial charge in [0.1, 0.15) is 0 Å². The zero-order valence-electron chi connectivity index (χ0n) is 14.2. The fraction of sp³-hybridized carbons (Fsp3) is 0.667.